The number of halogens is 2. The van der Waals surface area contributed by atoms with Crippen LogP contribution in [0, 0.1) is 0 Å². The fraction of sp³-hybridized carbons (Fsp3) is 0.467. The number of ether oxygens (including phenoxy) is 2. The van der Waals surface area contributed by atoms with Crippen LogP contribution in [0.5, 0.6) is 5.75 Å². The van der Waals surface area contributed by atoms with Crippen molar-refractivity contribution in [2.75, 3.05) is 33.8 Å². The molecule has 0 N–H and O–H groups in total. The summed E-state index contributed by atoms with van der Waals surface area (Å²) < 4.78 is 10.7. The minimum absolute atomic E-state index is 0.242. The van der Waals surface area contributed by atoms with Gasteiger partial charge in [0, 0.05) is 25.0 Å². The van der Waals surface area contributed by atoms with Crippen molar-refractivity contribution in [1.29, 1.82) is 0 Å². The van der Waals surface area contributed by atoms with E-state index in [1.165, 1.54) is 24.1 Å². The SMILES string of the molecule is COc1c(Cl)cc(Cl)cc1C(=O)N1CC[C@@]2(CN(C)C(=O)O2)C1. The van der Waals surface area contributed by atoms with E-state index in [0.29, 0.717) is 42.4 Å². The fourth-order valence-corrected chi connectivity index (χ4v) is 3.69. The van der Waals surface area contributed by atoms with Crippen LogP contribution in [0.4, 0.5) is 4.79 Å². The molecule has 0 radical (unpaired) electrons. The maximum absolute atomic E-state index is 12.8. The molecule has 2 saturated heterocycles. The van der Waals surface area contributed by atoms with Crippen LogP contribution in [0.1, 0.15) is 16.8 Å². The molecular weight excluding hydrogens is 343 g/mol. The van der Waals surface area contributed by atoms with Gasteiger partial charge in [-0.25, -0.2) is 4.79 Å². The number of likely N-dealkylation sites (N-methyl/N-ethyl adjacent to an activating group) is 1. The smallest absolute Gasteiger partial charge is 0.410 e. The van der Waals surface area contributed by atoms with Crippen LogP contribution in [0.3, 0.4) is 0 Å². The molecule has 2 fully saturated rings. The van der Waals surface area contributed by atoms with Gasteiger partial charge < -0.3 is 19.3 Å². The lowest BCUT2D eigenvalue weighted by Gasteiger charge is -2.22. The molecule has 0 bridgehead atoms. The van der Waals surface area contributed by atoms with Crippen LogP contribution in [0.15, 0.2) is 12.1 Å². The largest absolute Gasteiger partial charge is 0.494 e. The first-order valence-corrected chi connectivity index (χ1v) is 7.87. The molecule has 1 spiro atoms. The third kappa shape index (κ3) is 2.81. The van der Waals surface area contributed by atoms with Gasteiger partial charge in [0.15, 0.2) is 5.60 Å². The van der Waals surface area contributed by atoms with E-state index < -0.39 is 5.60 Å². The first-order chi connectivity index (χ1) is 10.8. The van der Waals surface area contributed by atoms with Crippen molar-refractivity contribution in [3.63, 3.8) is 0 Å². The van der Waals surface area contributed by atoms with Crippen LogP contribution in [0.2, 0.25) is 10.0 Å². The number of carbonyl (C=O) groups is 2. The van der Waals surface area contributed by atoms with Crippen molar-refractivity contribution in [3.05, 3.63) is 27.7 Å². The Morgan fingerprint density at radius 3 is 2.70 bits per heavy atom. The molecule has 0 aliphatic carbocycles. The first kappa shape index (κ1) is 16.2. The van der Waals surface area contributed by atoms with Crippen LogP contribution < -0.4 is 4.74 Å². The van der Waals surface area contributed by atoms with E-state index in [4.69, 9.17) is 32.7 Å². The normalized spacial score (nSPS) is 23.6. The summed E-state index contributed by atoms with van der Waals surface area (Å²) in [6, 6.07) is 3.06. The maximum atomic E-state index is 12.8. The summed E-state index contributed by atoms with van der Waals surface area (Å²) in [5, 5.41) is 0.643. The Hall–Kier alpha value is -1.66. The van der Waals surface area contributed by atoms with Crippen LogP contribution in [-0.2, 0) is 4.74 Å². The van der Waals surface area contributed by atoms with E-state index in [1.54, 1.807) is 11.9 Å². The highest BCUT2D eigenvalue weighted by atomic mass is 35.5. The molecule has 0 saturated carbocycles. The van der Waals surface area contributed by atoms with E-state index in [9.17, 15) is 9.59 Å². The van der Waals surface area contributed by atoms with Crippen molar-refractivity contribution < 1.29 is 19.1 Å². The molecule has 2 amide bonds. The van der Waals surface area contributed by atoms with Crippen molar-refractivity contribution in [1.82, 2.24) is 9.80 Å². The highest BCUT2D eigenvalue weighted by molar-refractivity contribution is 6.36. The van der Waals surface area contributed by atoms with Crippen LogP contribution in [-0.4, -0.2) is 61.2 Å². The van der Waals surface area contributed by atoms with Gasteiger partial charge >= 0.3 is 6.09 Å². The number of hydrogen-bond acceptors (Lipinski definition) is 4. The summed E-state index contributed by atoms with van der Waals surface area (Å²) >= 11 is 12.1. The maximum Gasteiger partial charge on any atom is 0.410 e. The Kier molecular flexibility index (Phi) is 4.06. The summed E-state index contributed by atoms with van der Waals surface area (Å²) in [6.07, 6.45) is 0.244. The van der Waals surface area contributed by atoms with Gasteiger partial charge in [0.25, 0.3) is 5.91 Å². The molecule has 6 nitrogen and oxygen atoms in total. The molecule has 1 aromatic carbocycles. The zero-order valence-corrected chi connectivity index (χ0v) is 14.3. The molecule has 3 rings (SSSR count). The van der Waals surface area contributed by atoms with Gasteiger partial charge in [0.05, 0.1) is 30.8 Å². The average Bonchev–Trinajstić information content (AvgIpc) is 3.01. The van der Waals surface area contributed by atoms with Crippen molar-refractivity contribution in [2.24, 2.45) is 0 Å². The van der Waals surface area contributed by atoms with Crippen molar-refractivity contribution in [2.45, 2.75) is 12.0 Å². The first-order valence-electron chi connectivity index (χ1n) is 7.12. The zero-order chi connectivity index (χ0) is 16.8. The standard InChI is InChI=1S/C15H16Cl2N2O4/c1-18-7-15(23-14(18)21)3-4-19(8-15)13(20)10-5-9(16)6-11(17)12(10)22-2/h5-6H,3-4,7-8H2,1-2H3/t15-/m1/s1. The van der Waals surface area contributed by atoms with Crippen LogP contribution in [0.25, 0.3) is 0 Å². The minimum atomic E-state index is -0.628. The predicted octanol–water partition coefficient (Wildman–Crippen LogP) is 2.67. The van der Waals surface area contributed by atoms with Gasteiger partial charge in [-0.05, 0) is 12.1 Å². The summed E-state index contributed by atoms with van der Waals surface area (Å²) in [6.45, 7) is 1.31. The third-order valence-electron chi connectivity index (χ3n) is 4.19. The van der Waals surface area contributed by atoms with E-state index in [2.05, 4.69) is 0 Å². The molecule has 1 atom stereocenters. The van der Waals surface area contributed by atoms with E-state index in [0.717, 1.165) is 0 Å². The zero-order valence-electron chi connectivity index (χ0n) is 12.8. The molecule has 8 heteroatoms. The Balaban J connectivity index is 1.84. The second-order valence-electron chi connectivity index (χ2n) is 5.85. The molecular formula is C15H16Cl2N2O4. The lowest BCUT2D eigenvalue weighted by molar-refractivity contribution is 0.0551. The Labute approximate surface area is 143 Å². The lowest BCUT2D eigenvalue weighted by Crippen LogP contribution is -2.39. The van der Waals surface area contributed by atoms with Gasteiger partial charge in [-0.1, -0.05) is 23.2 Å². The molecule has 0 aromatic heterocycles. The number of likely N-dealkylation sites (tertiary alicyclic amines) is 1. The van der Waals surface area contributed by atoms with E-state index in [1.807, 2.05) is 0 Å². The Morgan fingerprint density at radius 2 is 2.09 bits per heavy atom. The number of hydrogen-bond donors (Lipinski definition) is 0. The lowest BCUT2D eigenvalue weighted by atomic mass is 10.0. The highest BCUT2D eigenvalue weighted by Gasteiger charge is 2.49. The topological polar surface area (TPSA) is 59.1 Å². The molecule has 1 aromatic rings. The molecule has 23 heavy (non-hydrogen) atoms. The third-order valence-corrected chi connectivity index (χ3v) is 4.69. The van der Waals surface area contributed by atoms with Gasteiger partial charge in [-0.15, -0.1) is 0 Å². The van der Waals surface area contributed by atoms with E-state index >= 15 is 0 Å². The average molecular weight is 359 g/mol. The highest BCUT2D eigenvalue weighted by Crippen LogP contribution is 2.36. The van der Waals surface area contributed by atoms with Gasteiger partial charge in [-0.3, -0.25) is 4.79 Å². The summed E-state index contributed by atoms with van der Waals surface area (Å²) in [4.78, 5) is 27.6. The number of nitrogens with zero attached hydrogens (tertiary/aromatic N) is 2. The number of amides is 2. The monoisotopic (exact) mass is 358 g/mol. The summed E-state index contributed by atoms with van der Waals surface area (Å²) in [5.41, 5.74) is -0.323. The molecule has 2 aliphatic heterocycles. The summed E-state index contributed by atoms with van der Waals surface area (Å²) in [5.74, 6) is 0.0521. The number of methoxy groups -OCH3 is 1. The minimum Gasteiger partial charge on any atom is -0.494 e. The molecule has 124 valence electrons. The predicted molar refractivity (Wildman–Crippen MR) is 85.4 cm³/mol. The quantitative estimate of drug-likeness (QED) is 0.815. The second-order valence-corrected chi connectivity index (χ2v) is 6.70. The fourth-order valence-electron chi connectivity index (χ4n) is 3.12. The van der Waals surface area contributed by atoms with Gasteiger partial charge in [0.2, 0.25) is 0 Å². The number of benzene rings is 1. The number of rotatable bonds is 2. The van der Waals surface area contributed by atoms with Crippen molar-refractivity contribution >= 4 is 35.2 Å². The van der Waals surface area contributed by atoms with Gasteiger partial charge in [-0.2, -0.15) is 0 Å². The molecule has 0 unspecified atom stereocenters. The number of carbonyl (C=O) groups excluding carboxylic acids is 2. The molecule has 2 aliphatic rings. The summed E-state index contributed by atoms with van der Waals surface area (Å²) in [7, 11) is 3.13. The Morgan fingerprint density at radius 1 is 1.35 bits per heavy atom. The van der Waals surface area contributed by atoms with Crippen LogP contribution >= 0.6 is 23.2 Å². The second kappa shape index (κ2) is 5.76. The Bertz CT molecular complexity index is 682. The van der Waals surface area contributed by atoms with Gasteiger partial charge in [0.1, 0.15) is 5.75 Å². The van der Waals surface area contributed by atoms with Crippen molar-refractivity contribution in [3.8, 4) is 5.75 Å². The van der Waals surface area contributed by atoms with E-state index in [-0.39, 0.29) is 17.0 Å². The molecule has 2 heterocycles.